The molecule has 0 heterocycles. The smallest absolute Gasteiger partial charge is 0.325 e. The highest BCUT2D eigenvalue weighted by molar-refractivity contribution is 5.94. The third-order valence-corrected chi connectivity index (χ3v) is 5.36. The molecule has 15 heteroatoms. The van der Waals surface area contributed by atoms with Gasteiger partial charge in [-0.05, 0) is 43.9 Å². The Labute approximate surface area is 219 Å². The zero-order valence-corrected chi connectivity index (χ0v) is 21.1. The van der Waals surface area contributed by atoms with Crippen LogP contribution in [0.25, 0.3) is 0 Å². The first-order chi connectivity index (χ1) is 17.8. The highest BCUT2D eigenvalue weighted by atomic mass is 16.4. The molecule has 1 aromatic carbocycles. The first-order valence-electron chi connectivity index (χ1n) is 11.8. The summed E-state index contributed by atoms with van der Waals surface area (Å²) in [5, 5.41) is 26.0. The fraction of sp³-hybridized carbons (Fsp3) is 0.478. The van der Waals surface area contributed by atoms with Gasteiger partial charge in [0.2, 0.25) is 23.6 Å². The summed E-state index contributed by atoms with van der Waals surface area (Å²) in [7, 11) is 0. The molecular formula is C23H36N8O7. The molecule has 4 unspecified atom stereocenters. The first kappa shape index (κ1) is 31.6. The molecule has 0 radical (unpaired) electrons. The van der Waals surface area contributed by atoms with E-state index in [1.807, 2.05) is 0 Å². The maximum absolute atomic E-state index is 13.3. The fourth-order valence-electron chi connectivity index (χ4n) is 3.21. The number of carbonyl (C=O) groups is 5. The molecule has 0 aliphatic heterocycles. The van der Waals surface area contributed by atoms with E-state index in [1.165, 1.54) is 19.1 Å². The predicted octanol–water partition coefficient (Wildman–Crippen LogP) is -2.86. The summed E-state index contributed by atoms with van der Waals surface area (Å²) in [4.78, 5) is 64.7. The van der Waals surface area contributed by atoms with E-state index in [4.69, 9.17) is 28.0 Å². The van der Waals surface area contributed by atoms with E-state index >= 15 is 0 Å². The number of nitrogens with two attached hydrogens (primary N) is 4. The second-order valence-electron chi connectivity index (χ2n) is 8.62. The number of carboxylic acids is 1. The average Bonchev–Trinajstić information content (AvgIpc) is 2.84. The summed E-state index contributed by atoms with van der Waals surface area (Å²) < 4.78 is 0. The Hall–Kier alpha value is -4.40. The number of hydrogen-bond donors (Lipinski definition) is 9. The number of aliphatic imine (C=N–C) groups is 1. The van der Waals surface area contributed by atoms with Crippen LogP contribution in [-0.4, -0.2) is 76.5 Å². The van der Waals surface area contributed by atoms with E-state index in [0.717, 1.165) is 0 Å². The number of hydrogen-bond acceptors (Lipinski definition) is 8. The molecular weight excluding hydrogens is 500 g/mol. The van der Waals surface area contributed by atoms with Gasteiger partial charge in [-0.1, -0.05) is 12.1 Å². The third kappa shape index (κ3) is 12.0. The molecule has 0 saturated heterocycles. The van der Waals surface area contributed by atoms with Crippen LogP contribution < -0.4 is 38.9 Å². The number of amides is 4. The summed E-state index contributed by atoms with van der Waals surface area (Å²) in [5.41, 5.74) is 22.1. The molecule has 1 aromatic rings. The van der Waals surface area contributed by atoms with Gasteiger partial charge in [0, 0.05) is 19.4 Å². The summed E-state index contributed by atoms with van der Waals surface area (Å²) in [5.74, 6) is -4.30. The summed E-state index contributed by atoms with van der Waals surface area (Å²) >= 11 is 0. The van der Waals surface area contributed by atoms with Crippen LogP contribution in [0.3, 0.4) is 0 Å². The molecule has 0 fully saturated rings. The molecule has 210 valence electrons. The van der Waals surface area contributed by atoms with E-state index in [2.05, 4.69) is 20.9 Å². The Balaban J connectivity index is 3.11. The van der Waals surface area contributed by atoms with E-state index in [1.54, 1.807) is 12.1 Å². The van der Waals surface area contributed by atoms with E-state index in [-0.39, 0.29) is 50.4 Å². The van der Waals surface area contributed by atoms with Crippen molar-refractivity contribution in [3.63, 3.8) is 0 Å². The van der Waals surface area contributed by atoms with Gasteiger partial charge in [0.15, 0.2) is 5.96 Å². The molecule has 0 aliphatic rings. The van der Waals surface area contributed by atoms with Gasteiger partial charge in [-0.2, -0.15) is 0 Å². The number of guanidine groups is 1. The Morgan fingerprint density at radius 1 is 0.895 bits per heavy atom. The van der Waals surface area contributed by atoms with Gasteiger partial charge in [-0.25, -0.2) is 0 Å². The first-order valence-corrected chi connectivity index (χ1v) is 11.8. The lowest BCUT2D eigenvalue weighted by Crippen LogP contribution is -2.57. The SMILES string of the molecule is CC(NC(=O)C(CCCN=C(N)N)NC(=O)C(Cc1ccc(O)cc1)NC(=O)C(N)CCC(N)=O)C(=O)O. The van der Waals surface area contributed by atoms with Crippen molar-refractivity contribution in [2.45, 2.75) is 63.2 Å². The number of phenols is 1. The molecule has 4 amide bonds. The minimum absolute atomic E-state index is 0.00248. The molecule has 0 aromatic heterocycles. The molecule has 0 saturated carbocycles. The summed E-state index contributed by atoms with van der Waals surface area (Å²) in [6.45, 7) is 1.42. The van der Waals surface area contributed by atoms with E-state index < -0.39 is 53.8 Å². The number of carbonyl (C=O) groups excluding carboxylic acids is 4. The molecule has 0 spiro atoms. The van der Waals surface area contributed by atoms with Gasteiger partial charge >= 0.3 is 5.97 Å². The van der Waals surface area contributed by atoms with E-state index in [9.17, 15) is 29.1 Å². The maximum Gasteiger partial charge on any atom is 0.325 e. The monoisotopic (exact) mass is 536 g/mol. The number of nitrogens with one attached hydrogen (secondary N) is 3. The van der Waals surface area contributed by atoms with E-state index in [0.29, 0.717) is 5.56 Å². The van der Waals surface area contributed by atoms with Crippen molar-refractivity contribution in [1.82, 2.24) is 16.0 Å². The van der Waals surface area contributed by atoms with Gasteiger partial charge in [0.05, 0.1) is 6.04 Å². The third-order valence-electron chi connectivity index (χ3n) is 5.36. The molecule has 0 aliphatic carbocycles. The fourth-order valence-corrected chi connectivity index (χ4v) is 3.21. The number of aliphatic carboxylic acids is 1. The Morgan fingerprint density at radius 2 is 1.47 bits per heavy atom. The molecule has 15 nitrogen and oxygen atoms in total. The van der Waals surface area contributed by atoms with Crippen LogP contribution in [-0.2, 0) is 30.4 Å². The number of primary amides is 1. The number of carboxylic acid groups (broad SMARTS) is 1. The number of nitrogens with zero attached hydrogens (tertiary/aromatic N) is 1. The minimum Gasteiger partial charge on any atom is -0.508 e. The lowest BCUT2D eigenvalue weighted by molar-refractivity contribution is -0.141. The number of rotatable bonds is 16. The van der Waals surface area contributed by atoms with Crippen LogP contribution in [0.5, 0.6) is 5.75 Å². The highest BCUT2D eigenvalue weighted by Gasteiger charge is 2.29. The Morgan fingerprint density at radius 3 is 2.03 bits per heavy atom. The largest absolute Gasteiger partial charge is 0.508 e. The van der Waals surface area contributed by atoms with Crippen LogP contribution >= 0.6 is 0 Å². The number of phenolic OH excluding ortho intramolecular Hbond substituents is 1. The Kier molecular flexibility index (Phi) is 13.0. The zero-order chi connectivity index (χ0) is 28.8. The van der Waals surface area contributed by atoms with Crippen molar-refractivity contribution in [2.75, 3.05) is 6.54 Å². The topological polar surface area (TPSA) is 278 Å². The lowest BCUT2D eigenvalue weighted by atomic mass is 10.0. The van der Waals surface area contributed by atoms with Crippen molar-refractivity contribution < 1.29 is 34.2 Å². The van der Waals surface area contributed by atoms with Crippen molar-refractivity contribution in [2.24, 2.45) is 27.9 Å². The van der Waals surface area contributed by atoms with Crippen LogP contribution in [0.15, 0.2) is 29.3 Å². The van der Waals surface area contributed by atoms with Crippen molar-refractivity contribution in [3.05, 3.63) is 29.8 Å². The second-order valence-corrected chi connectivity index (χ2v) is 8.62. The molecule has 4 atom stereocenters. The standard InChI is InChI=1S/C23H36N8O7/c1-12(22(37)38)29-20(35)16(3-2-10-28-23(26)27)30-21(36)17(11-13-4-6-14(32)7-5-13)31-19(34)15(24)8-9-18(25)33/h4-7,12,15-17,32H,2-3,8-11,24H2,1H3,(H2,25,33)(H,29,35)(H,30,36)(H,31,34)(H,37,38)(H4,26,27,28). The lowest BCUT2D eigenvalue weighted by Gasteiger charge is -2.25. The number of aromatic hydroxyl groups is 1. The normalized spacial score (nSPS) is 13.7. The molecule has 38 heavy (non-hydrogen) atoms. The predicted molar refractivity (Wildman–Crippen MR) is 137 cm³/mol. The zero-order valence-electron chi connectivity index (χ0n) is 21.1. The second kappa shape index (κ2) is 15.7. The van der Waals surface area contributed by atoms with Crippen LogP contribution in [0.1, 0.15) is 38.2 Å². The van der Waals surface area contributed by atoms with Gasteiger partial charge in [-0.15, -0.1) is 0 Å². The average molecular weight is 537 g/mol. The summed E-state index contributed by atoms with van der Waals surface area (Å²) in [6.07, 6.45) is 0.110. The van der Waals surface area contributed by atoms with Crippen LogP contribution in [0.4, 0.5) is 0 Å². The van der Waals surface area contributed by atoms with Crippen molar-refractivity contribution >= 4 is 35.6 Å². The quantitative estimate of drug-likeness (QED) is 0.0591. The van der Waals surface area contributed by atoms with Gasteiger partial charge < -0.3 is 49.1 Å². The Bertz CT molecular complexity index is 1010. The van der Waals surface area contributed by atoms with Gasteiger partial charge in [0.25, 0.3) is 0 Å². The molecule has 0 bridgehead atoms. The summed E-state index contributed by atoms with van der Waals surface area (Å²) in [6, 6.07) is 1.14. The number of benzene rings is 1. The van der Waals surface area contributed by atoms with Crippen LogP contribution in [0, 0.1) is 0 Å². The molecule has 1 rings (SSSR count). The minimum atomic E-state index is -1.27. The van der Waals surface area contributed by atoms with Gasteiger partial charge in [0.1, 0.15) is 23.9 Å². The van der Waals surface area contributed by atoms with Gasteiger partial charge in [-0.3, -0.25) is 29.0 Å². The molecule has 13 N–H and O–H groups in total. The van der Waals surface area contributed by atoms with Crippen molar-refractivity contribution in [1.29, 1.82) is 0 Å². The van der Waals surface area contributed by atoms with Crippen LogP contribution in [0.2, 0.25) is 0 Å². The highest BCUT2D eigenvalue weighted by Crippen LogP contribution is 2.12. The maximum atomic E-state index is 13.3. The van der Waals surface area contributed by atoms with Crippen molar-refractivity contribution in [3.8, 4) is 5.75 Å².